The van der Waals surface area contributed by atoms with Crippen molar-refractivity contribution in [3.63, 3.8) is 0 Å². The first-order valence-electron chi connectivity index (χ1n) is 8.05. The maximum atomic E-state index is 13.0. The molecule has 0 unspecified atom stereocenters. The van der Waals surface area contributed by atoms with Gasteiger partial charge in [0.2, 0.25) is 10.0 Å². The normalized spacial score (nSPS) is 11.9. The Morgan fingerprint density at radius 2 is 1.42 bits per heavy atom. The molecule has 0 aliphatic heterocycles. The number of rotatable bonds is 7. The molecule has 0 radical (unpaired) electrons. The Bertz CT molecular complexity index is 891. The lowest BCUT2D eigenvalue weighted by Crippen LogP contribution is -2.41. The highest BCUT2D eigenvalue weighted by molar-refractivity contribution is 7.89. The number of hydrogen-bond acceptors (Lipinski definition) is 5. The number of sulfonamides is 1. The largest absolute Gasteiger partial charge is 0.495 e. The van der Waals surface area contributed by atoms with Crippen molar-refractivity contribution in [2.45, 2.75) is 31.2 Å². The zero-order valence-electron chi connectivity index (χ0n) is 15.9. The van der Waals surface area contributed by atoms with E-state index in [9.17, 15) is 8.42 Å². The third-order valence-electron chi connectivity index (χ3n) is 4.10. The monoisotopic (exact) mass is 379 g/mol. The second kappa shape index (κ2) is 7.55. The minimum atomic E-state index is -3.81. The molecule has 26 heavy (non-hydrogen) atoms. The molecule has 0 saturated carbocycles. The first kappa shape index (κ1) is 20.1. The maximum Gasteiger partial charge on any atom is 0.245 e. The summed E-state index contributed by atoms with van der Waals surface area (Å²) >= 11 is 0. The molecule has 0 fully saturated rings. The summed E-state index contributed by atoms with van der Waals surface area (Å²) in [4.78, 5) is 0.105. The first-order valence-corrected chi connectivity index (χ1v) is 9.54. The molecule has 7 heteroatoms. The summed E-state index contributed by atoms with van der Waals surface area (Å²) in [7, 11) is 0.723. The van der Waals surface area contributed by atoms with Gasteiger partial charge in [0.15, 0.2) is 11.5 Å². The average molecular weight is 379 g/mol. The molecule has 0 amide bonds. The summed E-state index contributed by atoms with van der Waals surface area (Å²) in [6.45, 7) is 5.40. The van der Waals surface area contributed by atoms with Gasteiger partial charge >= 0.3 is 0 Å². The summed E-state index contributed by atoms with van der Waals surface area (Å²) in [5.74, 6) is 1.41. The van der Waals surface area contributed by atoms with Gasteiger partial charge in [-0.25, -0.2) is 13.1 Å². The number of nitrogens with one attached hydrogen (secondary N) is 1. The number of hydrogen-bond donors (Lipinski definition) is 1. The van der Waals surface area contributed by atoms with E-state index in [4.69, 9.17) is 14.2 Å². The molecule has 0 bridgehead atoms. The molecular weight excluding hydrogens is 354 g/mol. The fourth-order valence-electron chi connectivity index (χ4n) is 2.67. The molecule has 142 valence electrons. The molecule has 0 saturated heterocycles. The Balaban J connectivity index is 2.44. The quantitative estimate of drug-likeness (QED) is 0.799. The van der Waals surface area contributed by atoms with Crippen LogP contribution < -0.4 is 18.9 Å². The van der Waals surface area contributed by atoms with Crippen molar-refractivity contribution >= 4 is 10.0 Å². The Morgan fingerprint density at radius 3 is 2.00 bits per heavy atom. The summed E-state index contributed by atoms with van der Waals surface area (Å²) < 4.78 is 44.5. The molecule has 0 spiro atoms. The summed E-state index contributed by atoms with van der Waals surface area (Å²) in [6.07, 6.45) is 0. The summed E-state index contributed by atoms with van der Waals surface area (Å²) in [6, 6.07) is 10.3. The van der Waals surface area contributed by atoms with Gasteiger partial charge in [0, 0.05) is 0 Å². The van der Waals surface area contributed by atoms with Crippen molar-refractivity contribution in [1.29, 1.82) is 0 Å². The van der Waals surface area contributed by atoms with Gasteiger partial charge < -0.3 is 14.2 Å². The van der Waals surface area contributed by atoms with E-state index in [2.05, 4.69) is 4.72 Å². The SMILES string of the molecule is COc1ccc(C(C)(C)NS(=O)(=O)c2cc(C)ccc2OC)cc1OC. The van der Waals surface area contributed by atoms with Gasteiger partial charge in [-0.15, -0.1) is 0 Å². The van der Waals surface area contributed by atoms with Crippen molar-refractivity contribution in [1.82, 2.24) is 4.72 Å². The van der Waals surface area contributed by atoms with Crippen molar-refractivity contribution in [3.8, 4) is 17.2 Å². The summed E-state index contributed by atoms with van der Waals surface area (Å²) in [5, 5.41) is 0. The van der Waals surface area contributed by atoms with Crippen molar-refractivity contribution in [2.24, 2.45) is 0 Å². The molecule has 0 heterocycles. The maximum absolute atomic E-state index is 13.0. The van der Waals surface area contributed by atoms with E-state index < -0.39 is 15.6 Å². The zero-order valence-corrected chi connectivity index (χ0v) is 16.7. The lowest BCUT2D eigenvalue weighted by atomic mass is 9.95. The van der Waals surface area contributed by atoms with Gasteiger partial charge in [0.05, 0.1) is 26.9 Å². The van der Waals surface area contributed by atoms with Crippen LogP contribution in [0.25, 0.3) is 0 Å². The first-order chi connectivity index (χ1) is 12.1. The third kappa shape index (κ3) is 4.11. The topological polar surface area (TPSA) is 73.9 Å². The van der Waals surface area contributed by atoms with Crippen LogP contribution in [-0.2, 0) is 15.6 Å². The van der Waals surface area contributed by atoms with E-state index >= 15 is 0 Å². The van der Waals surface area contributed by atoms with E-state index in [1.165, 1.54) is 14.2 Å². The molecule has 0 aliphatic rings. The Kier molecular flexibility index (Phi) is 5.83. The standard InChI is InChI=1S/C19H25NO5S/c1-13-7-9-16(24-5)18(11-13)26(21,22)20-19(2,3)14-8-10-15(23-4)17(12-14)25-6/h7-12,20H,1-6H3. The molecular formula is C19H25NO5S. The van der Waals surface area contributed by atoms with Gasteiger partial charge in [-0.1, -0.05) is 12.1 Å². The number of benzene rings is 2. The second-order valence-corrected chi connectivity index (χ2v) is 8.11. The molecule has 0 atom stereocenters. The lowest BCUT2D eigenvalue weighted by Gasteiger charge is -2.27. The zero-order chi connectivity index (χ0) is 19.5. The molecule has 2 rings (SSSR count). The van der Waals surface area contributed by atoms with Crippen molar-refractivity contribution in [3.05, 3.63) is 47.5 Å². The minimum absolute atomic E-state index is 0.105. The second-order valence-electron chi connectivity index (χ2n) is 6.45. The van der Waals surface area contributed by atoms with Crippen LogP contribution in [-0.4, -0.2) is 29.7 Å². The number of aryl methyl sites for hydroxylation is 1. The Labute approximate surface area is 155 Å². The van der Waals surface area contributed by atoms with Gasteiger partial charge in [0.1, 0.15) is 10.6 Å². The molecule has 0 aromatic heterocycles. The van der Waals surface area contributed by atoms with Crippen molar-refractivity contribution < 1.29 is 22.6 Å². The van der Waals surface area contributed by atoms with E-state index in [1.807, 2.05) is 6.92 Å². The highest BCUT2D eigenvalue weighted by atomic mass is 32.2. The molecule has 0 aliphatic carbocycles. The smallest absolute Gasteiger partial charge is 0.245 e. The van der Waals surface area contributed by atoms with E-state index in [-0.39, 0.29) is 4.90 Å². The molecule has 6 nitrogen and oxygen atoms in total. The van der Waals surface area contributed by atoms with Gasteiger partial charge in [-0.3, -0.25) is 0 Å². The van der Waals surface area contributed by atoms with Gasteiger partial charge in [-0.05, 0) is 56.2 Å². The van der Waals surface area contributed by atoms with Crippen molar-refractivity contribution in [2.75, 3.05) is 21.3 Å². The number of ether oxygens (including phenoxy) is 3. The third-order valence-corrected chi connectivity index (χ3v) is 5.78. The van der Waals surface area contributed by atoms with E-state index in [0.717, 1.165) is 11.1 Å². The predicted octanol–water partition coefficient (Wildman–Crippen LogP) is 3.23. The molecule has 2 aromatic rings. The fraction of sp³-hybridized carbons (Fsp3) is 0.368. The summed E-state index contributed by atoms with van der Waals surface area (Å²) in [5.41, 5.74) is 0.688. The van der Waals surface area contributed by atoms with E-state index in [0.29, 0.717) is 17.2 Å². The lowest BCUT2D eigenvalue weighted by molar-refractivity contribution is 0.352. The van der Waals surface area contributed by atoms with Crippen LogP contribution in [0.5, 0.6) is 17.2 Å². The van der Waals surface area contributed by atoms with Crippen LogP contribution in [0.2, 0.25) is 0 Å². The predicted molar refractivity (Wildman–Crippen MR) is 101 cm³/mol. The van der Waals surface area contributed by atoms with Gasteiger partial charge in [-0.2, -0.15) is 0 Å². The average Bonchev–Trinajstić information content (AvgIpc) is 2.60. The Morgan fingerprint density at radius 1 is 0.846 bits per heavy atom. The Hall–Kier alpha value is -2.25. The molecule has 2 aromatic carbocycles. The van der Waals surface area contributed by atoms with Crippen LogP contribution >= 0.6 is 0 Å². The highest BCUT2D eigenvalue weighted by Crippen LogP contribution is 2.34. The van der Waals surface area contributed by atoms with Crippen LogP contribution in [0, 0.1) is 6.92 Å². The van der Waals surface area contributed by atoms with Crippen LogP contribution in [0.15, 0.2) is 41.3 Å². The van der Waals surface area contributed by atoms with E-state index in [1.54, 1.807) is 57.4 Å². The van der Waals surface area contributed by atoms with Crippen LogP contribution in [0.4, 0.5) is 0 Å². The van der Waals surface area contributed by atoms with Crippen LogP contribution in [0.1, 0.15) is 25.0 Å². The van der Waals surface area contributed by atoms with Gasteiger partial charge in [0.25, 0.3) is 0 Å². The molecule has 1 N–H and O–H groups in total. The highest BCUT2D eigenvalue weighted by Gasteiger charge is 2.30. The number of methoxy groups -OCH3 is 3. The minimum Gasteiger partial charge on any atom is -0.495 e. The van der Waals surface area contributed by atoms with Crippen LogP contribution in [0.3, 0.4) is 0 Å². The fourth-order valence-corrected chi connectivity index (χ4v) is 4.33.